The molecule has 0 heterocycles. The molecule has 1 aromatic rings. The fourth-order valence-corrected chi connectivity index (χ4v) is 1.37. The van der Waals surface area contributed by atoms with E-state index in [4.69, 9.17) is 5.11 Å². The molecule has 0 saturated heterocycles. The lowest BCUT2D eigenvalue weighted by molar-refractivity contribution is -0.146. The van der Waals surface area contributed by atoms with Crippen LogP contribution in [0.15, 0.2) is 18.2 Å². The number of phenolic OH excluding ortho intramolecular Hbond substituents is 1. The molecule has 0 spiro atoms. The summed E-state index contributed by atoms with van der Waals surface area (Å²) in [6, 6.07) is 4.08. The normalized spacial score (nSPS) is 12.1. The van der Waals surface area contributed by atoms with Crippen molar-refractivity contribution >= 4 is 12.3 Å². The third kappa shape index (κ3) is 3.06. The van der Waals surface area contributed by atoms with Crippen LogP contribution in [0.25, 0.3) is 0 Å². The number of hydrogen-bond donors (Lipinski definition) is 3. The summed E-state index contributed by atoms with van der Waals surface area (Å²) < 4.78 is 0. The number of aliphatic hydroxyl groups excluding tert-OH is 1. The van der Waals surface area contributed by atoms with Crippen molar-refractivity contribution in [2.45, 2.75) is 18.9 Å². The van der Waals surface area contributed by atoms with Gasteiger partial charge < -0.3 is 20.1 Å². The van der Waals surface area contributed by atoms with Crippen molar-refractivity contribution in [2.75, 3.05) is 0 Å². The lowest BCUT2D eigenvalue weighted by atomic mass is 10.0. The minimum absolute atomic E-state index is 0.105. The Morgan fingerprint density at radius 1 is 1.38 bits per heavy atom. The molecular formula is C11H12O5. The van der Waals surface area contributed by atoms with Crippen LogP contribution >= 0.6 is 0 Å². The maximum absolute atomic E-state index is 10.5. The Bertz CT molecular complexity index is 399. The van der Waals surface area contributed by atoms with Crippen LogP contribution < -0.4 is 0 Å². The van der Waals surface area contributed by atoms with Crippen molar-refractivity contribution in [3.63, 3.8) is 0 Å². The summed E-state index contributed by atoms with van der Waals surface area (Å²) in [6.45, 7) is 0. The van der Waals surface area contributed by atoms with E-state index in [1.54, 1.807) is 0 Å². The van der Waals surface area contributed by atoms with E-state index in [2.05, 4.69) is 0 Å². The Kier molecular flexibility index (Phi) is 4.02. The molecule has 86 valence electrons. The van der Waals surface area contributed by atoms with Crippen LogP contribution in [0.2, 0.25) is 0 Å². The number of phenols is 1. The van der Waals surface area contributed by atoms with Crippen molar-refractivity contribution in [3.05, 3.63) is 29.3 Å². The fourth-order valence-electron chi connectivity index (χ4n) is 1.37. The minimum Gasteiger partial charge on any atom is -0.508 e. The molecule has 0 aromatic heterocycles. The molecule has 0 radical (unpaired) electrons. The van der Waals surface area contributed by atoms with Crippen LogP contribution in [0.1, 0.15) is 23.7 Å². The van der Waals surface area contributed by atoms with Gasteiger partial charge in [-0.3, -0.25) is 0 Å². The van der Waals surface area contributed by atoms with Gasteiger partial charge in [0.05, 0.1) is 0 Å². The molecule has 1 rings (SSSR count). The third-order valence-corrected chi connectivity index (χ3v) is 2.10. The quantitative estimate of drug-likeness (QED) is 0.638. The first-order valence-electron chi connectivity index (χ1n) is 4.72. The van der Waals surface area contributed by atoms with Crippen molar-refractivity contribution in [1.29, 1.82) is 0 Å². The summed E-state index contributed by atoms with van der Waals surface area (Å²) in [5, 5.41) is 27.2. The van der Waals surface area contributed by atoms with Gasteiger partial charge in [-0.05, 0) is 29.7 Å². The predicted molar refractivity (Wildman–Crippen MR) is 55.1 cm³/mol. The molecule has 5 nitrogen and oxygen atoms in total. The first-order chi connectivity index (χ1) is 7.54. The average molecular weight is 224 g/mol. The zero-order chi connectivity index (χ0) is 12.1. The lowest BCUT2D eigenvalue weighted by Gasteiger charge is -2.08. The lowest BCUT2D eigenvalue weighted by Crippen LogP contribution is -2.10. The number of hydrogen-bond acceptors (Lipinski definition) is 4. The second-order valence-electron chi connectivity index (χ2n) is 3.38. The van der Waals surface area contributed by atoms with Crippen LogP contribution in [0.4, 0.5) is 0 Å². The predicted octanol–water partition coefficient (Wildman–Crippen LogP) is 0.642. The van der Waals surface area contributed by atoms with E-state index < -0.39 is 12.1 Å². The van der Waals surface area contributed by atoms with E-state index in [9.17, 15) is 19.8 Å². The molecule has 0 amide bonds. The maximum atomic E-state index is 10.5. The molecule has 0 saturated carbocycles. The number of carbonyl (C=O) groups excluding carboxylic acids is 1. The average Bonchev–Trinajstić information content (AvgIpc) is 2.24. The number of aromatic hydroxyl groups is 1. The molecule has 5 heteroatoms. The summed E-state index contributed by atoms with van der Waals surface area (Å²) in [7, 11) is 0. The summed E-state index contributed by atoms with van der Waals surface area (Å²) >= 11 is 0. The van der Waals surface area contributed by atoms with E-state index in [-0.39, 0.29) is 17.7 Å². The van der Waals surface area contributed by atoms with Gasteiger partial charge in [-0.1, -0.05) is 6.07 Å². The molecule has 3 N–H and O–H groups in total. The van der Waals surface area contributed by atoms with E-state index in [1.165, 1.54) is 18.2 Å². The number of aliphatic carboxylic acids is 1. The van der Waals surface area contributed by atoms with Crippen LogP contribution in [0, 0.1) is 0 Å². The maximum Gasteiger partial charge on any atom is 0.337 e. The van der Waals surface area contributed by atoms with Crippen molar-refractivity contribution in [1.82, 2.24) is 0 Å². The van der Waals surface area contributed by atoms with E-state index in [1.807, 2.05) is 0 Å². The summed E-state index contributed by atoms with van der Waals surface area (Å²) in [5.74, 6) is -1.51. The number of carboxylic acid groups (broad SMARTS) is 1. The fraction of sp³-hybridized carbons (Fsp3) is 0.273. The number of carboxylic acids is 1. The molecule has 0 fully saturated rings. The molecule has 1 aromatic carbocycles. The minimum atomic E-state index is -1.66. The van der Waals surface area contributed by atoms with Crippen molar-refractivity contribution < 1.29 is 24.9 Å². The highest BCUT2D eigenvalue weighted by Crippen LogP contribution is 2.22. The molecule has 0 aliphatic heterocycles. The van der Waals surface area contributed by atoms with Gasteiger partial charge in [-0.25, -0.2) is 4.79 Å². The van der Waals surface area contributed by atoms with Crippen LogP contribution in [0.3, 0.4) is 0 Å². The molecule has 1 unspecified atom stereocenters. The monoisotopic (exact) mass is 224 g/mol. The van der Waals surface area contributed by atoms with Crippen molar-refractivity contribution in [3.8, 4) is 5.75 Å². The smallest absolute Gasteiger partial charge is 0.337 e. The largest absolute Gasteiger partial charge is 0.508 e. The summed E-state index contributed by atoms with van der Waals surface area (Å²) in [6.07, 6.45) is -0.247. The Balaban J connectivity index is 2.97. The SMILES string of the molecule is O=CCCc1cc(O)cc(C(O)C(=O)O)c1. The molecule has 16 heavy (non-hydrogen) atoms. The number of aldehydes is 1. The van der Waals surface area contributed by atoms with Gasteiger partial charge in [-0.2, -0.15) is 0 Å². The molecule has 0 aliphatic rings. The number of aryl methyl sites for hydroxylation is 1. The second kappa shape index (κ2) is 5.27. The van der Waals surface area contributed by atoms with Crippen LogP contribution in [0.5, 0.6) is 5.75 Å². The molecule has 0 aliphatic carbocycles. The van der Waals surface area contributed by atoms with Gasteiger partial charge in [0.25, 0.3) is 0 Å². The number of aliphatic hydroxyl groups is 1. The zero-order valence-electron chi connectivity index (χ0n) is 8.46. The van der Waals surface area contributed by atoms with Gasteiger partial charge in [-0.15, -0.1) is 0 Å². The first kappa shape index (κ1) is 12.2. The third-order valence-electron chi connectivity index (χ3n) is 2.10. The Morgan fingerprint density at radius 2 is 2.06 bits per heavy atom. The molecule has 1 atom stereocenters. The highest BCUT2D eigenvalue weighted by Gasteiger charge is 2.17. The standard InChI is InChI=1S/C11H12O5/c12-3-1-2-7-4-8(6-9(13)5-7)10(14)11(15)16/h3-6,10,13-14H,1-2H2,(H,15,16). The molecular weight excluding hydrogens is 212 g/mol. The van der Waals surface area contributed by atoms with Gasteiger partial charge in [0.1, 0.15) is 12.0 Å². The van der Waals surface area contributed by atoms with Crippen LogP contribution in [-0.4, -0.2) is 27.6 Å². The topological polar surface area (TPSA) is 94.8 Å². The van der Waals surface area contributed by atoms with Crippen LogP contribution in [-0.2, 0) is 16.0 Å². The highest BCUT2D eigenvalue weighted by molar-refractivity contribution is 5.74. The van der Waals surface area contributed by atoms with Gasteiger partial charge >= 0.3 is 5.97 Å². The Labute approximate surface area is 92.0 Å². The summed E-state index contributed by atoms with van der Waals surface area (Å²) in [5.41, 5.74) is 0.718. The highest BCUT2D eigenvalue weighted by atomic mass is 16.4. The number of rotatable bonds is 5. The number of carbonyl (C=O) groups is 2. The van der Waals surface area contributed by atoms with Gasteiger partial charge in [0.15, 0.2) is 6.10 Å². The molecule has 0 bridgehead atoms. The van der Waals surface area contributed by atoms with Gasteiger partial charge in [0, 0.05) is 6.42 Å². The number of benzene rings is 1. The summed E-state index contributed by atoms with van der Waals surface area (Å²) in [4.78, 5) is 20.7. The Morgan fingerprint density at radius 3 is 2.62 bits per heavy atom. The van der Waals surface area contributed by atoms with E-state index in [0.717, 1.165) is 6.29 Å². The first-order valence-corrected chi connectivity index (χ1v) is 4.72. The van der Waals surface area contributed by atoms with Gasteiger partial charge in [0.2, 0.25) is 0 Å². The Hall–Kier alpha value is -1.88. The second-order valence-corrected chi connectivity index (χ2v) is 3.38. The van der Waals surface area contributed by atoms with Crippen molar-refractivity contribution in [2.24, 2.45) is 0 Å². The zero-order valence-corrected chi connectivity index (χ0v) is 8.46. The van der Waals surface area contributed by atoms with E-state index in [0.29, 0.717) is 12.0 Å². The van der Waals surface area contributed by atoms with E-state index >= 15 is 0 Å².